The molecular formula is C20H23ClFN3O. The van der Waals surface area contributed by atoms with Crippen LogP contribution >= 0.6 is 11.6 Å². The third-order valence-corrected chi connectivity index (χ3v) is 4.93. The molecular weight excluding hydrogens is 353 g/mol. The lowest BCUT2D eigenvalue weighted by Crippen LogP contribution is -2.51. The number of hydrogen-bond donors (Lipinski definition) is 1. The number of carbonyl (C=O) groups excluding carboxylic acids is 1. The summed E-state index contributed by atoms with van der Waals surface area (Å²) in [5.74, 6) is -0.277. The summed E-state index contributed by atoms with van der Waals surface area (Å²) >= 11 is 6.43. The number of benzene rings is 2. The SMILES string of the molecule is Cc1cc(C)c(N2CCN(C(=O)NCc3ccc(F)cc3)CC2)c(Cl)c1. The van der Waals surface area contributed by atoms with Crippen molar-refractivity contribution in [1.82, 2.24) is 10.2 Å². The van der Waals surface area contributed by atoms with Gasteiger partial charge in [-0.2, -0.15) is 0 Å². The number of amides is 2. The molecule has 0 bridgehead atoms. The lowest BCUT2D eigenvalue weighted by Gasteiger charge is -2.37. The topological polar surface area (TPSA) is 35.6 Å². The molecule has 0 radical (unpaired) electrons. The maximum absolute atomic E-state index is 12.9. The Labute approximate surface area is 158 Å². The highest BCUT2D eigenvalue weighted by Gasteiger charge is 2.23. The summed E-state index contributed by atoms with van der Waals surface area (Å²) in [5.41, 5.74) is 4.24. The van der Waals surface area contributed by atoms with Crippen molar-refractivity contribution < 1.29 is 9.18 Å². The molecule has 2 aromatic carbocycles. The van der Waals surface area contributed by atoms with Gasteiger partial charge in [0.2, 0.25) is 0 Å². The molecule has 1 saturated heterocycles. The average Bonchev–Trinajstić information content (AvgIpc) is 2.61. The molecule has 1 N–H and O–H groups in total. The zero-order valence-electron chi connectivity index (χ0n) is 15.1. The van der Waals surface area contributed by atoms with Crippen molar-refractivity contribution in [1.29, 1.82) is 0 Å². The summed E-state index contributed by atoms with van der Waals surface area (Å²) in [6.07, 6.45) is 0. The molecule has 1 heterocycles. The van der Waals surface area contributed by atoms with E-state index in [1.165, 1.54) is 12.1 Å². The highest BCUT2D eigenvalue weighted by molar-refractivity contribution is 6.33. The lowest BCUT2D eigenvalue weighted by molar-refractivity contribution is 0.194. The van der Waals surface area contributed by atoms with E-state index in [1.807, 2.05) is 13.0 Å². The molecule has 138 valence electrons. The van der Waals surface area contributed by atoms with Gasteiger partial charge in [-0.25, -0.2) is 9.18 Å². The Morgan fingerprint density at radius 1 is 1.12 bits per heavy atom. The van der Waals surface area contributed by atoms with E-state index in [-0.39, 0.29) is 11.8 Å². The van der Waals surface area contributed by atoms with Crippen LogP contribution in [0, 0.1) is 19.7 Å². The minimum Gasteiger partial charge on any atom is -0.367 e. The molecule has 1 aliphatic rings. The molecule has 0 aliphatic carbocycles. The molecule has 0 unspecified atom stereocenters. The fraction of sp³-hybridized carbons (Fsp3) is 0.350. The van der Waals surface area contributed by atoms with Gasteiger partial charge in [0, 0.05) is 32.7 Å². The largest absolute Gasteiger partial charge is 0.367 e. The van der Waals surface area contributed by atoms with Crippen molar-refractivity contribution in [3.05, 3.63) is 63.9 Å². The Hall–Kier alpha value is -2.27. The first-order valence-electron chi connectivity index (χ1n) is 8.73. The van der Waals surface area contributed by atoms with Gasteiger partial charge >= 0.3 is 6.03 Å². The molecule has 3 rings (SSSR count). The van der Waals surface area contributed by atoms with Crippen LogP contribution in [0.3, 0.4) is 0 Å². The van der Waals surface area contributed by atoms with Crippen LogP contribution in [-0.2, 0) is 6.54 Å². The molecule has 0 saturated carbocycles. The first-order valence-corrected chi connectivity index (χ1v) is 9.11. The second-order valence-electron chi connectivity index (χ2n) is 6.67. The summed E-state index contributed by atoms with van der Waals surface area (Å²) in [7, 11) is 0. The van der Waals surface area contributed by atoms with Crippen molar-refractivity contribution in [3.8, 4) is 0 Å². The van der Waals surface area contributed by atoms with E-state index in [2.05, 4.69) is 23.2 Å². The van der Waals surface area contributed by atoms with Crippen LogP contribution in [0.2, 0.25) is 5.02 Å². The number of anilines is 1. The van der Waals surface area contributed by atoms with Crippen molar-refractivity contribution in [2.24, 2.45) is 0 Å². The quantitative estimate of drug-likeness (QED) is 0.875. The first-order chi connectivity index (χ1) is 12.4. The van der Waals surface area contributed by atoms with Crippen LogP contribution in [-0.4, -0.2) is 37.1 Å². The molecule has 1 aliphatic heterocycles. The fourth-order valence-electron chi connectivity index (χ4n) is 3.33. The number of carbonyl (C=O) groups is 1. The predicted molar refractivity (Wildman–Crippen MR) is 103 cm³/mol. The van der Waals surface area contributed by atoms with E-state index in [0.717, 1.165) is 40.5 Å². The summed E-state index contributed by atoms with van der Waals surface area (Å²) in [4.78, 5) is 16.4. The molecule has 26 heavy (non-hydrogen) atoms. The standard InChI is InChI=1S/C20H23ClFN3O/c1-14-11-15(2)19(18(21)12-14)24-7-9-25(10-8-24)20(26)23-13-16-3-5-17(22)6-4-16/h3-6,11-12H,7-10,13H2,1-2H3,(H,23,26). The Kier molecular flexibility index (Phi) is 5.67. The molecule has 4 nitrogen and oxygen atoms in total. The van der Waals surface area contributed by atoms with Crippen molar-refractivity contribution in [2.45, 2.75) is 20.4 Å². The van der Waals surface area contributed by atoms with Crippen molar-refractivity contribution in [2.75, 3.05) is 31.1 Å². The Bertz CT molecular complexity index is 763. The van der Waals surface area contributed by atoms with E-state index in [9.17, 15) is 9.18 Å². The summed E-state index contributed by atoms with van der Waals surface area (Å²) in [5, 5.41) is 3.65. The molecule has 6 heteroatoms. The van der Waals surface area contributed by atoms with Gasteiger partial charge in [0.05, 0.1) is 10.7 Å². The van der Waals surface area contributed by atoms with Crippen molar-refractivity contribution >= 4 is 23.3 Å². The summed E-state index contributed by atoms with van der Waals surface area (Å²) in [6.45, 7) is 7.25. The van der Waals surface area contributed by atoms with E-state index < -0.39 is 0 Å². The number of rotatable bonds is 3. The Morgan fingerprint density at radius 2 is 1.77 bits per heavy atom. The van der Waals surface area contributed by atoms with Gasteiger partial charge in [-0.15, -0.1) is 0 Å². The molecule has 1 fully saturated rings. The molecule has 0 atom stereocenters. The molecule has 0 spiro atoms. The zero-order chi connectivity index (χ0) is 18.7. The third kappa shape index (κ3) is 4.28. The van der Waals surface area contributed by atoms with Gasteiger partial charge in [0.15, 0.2) is 0 Å². The number of piperazine rings is 1. The number of urea groups is 1. The number of nitrogens with zero attached hydrogens (tertiary/aromatic N) is 2. The van der Waals surface area contributed by atoms with Crippen LogP contribution < -0.4 is 10.2 Å². The van der Waals surface area contributed by atoms with Crippen LogP contribution in [0.25, 0.3) is 0 Å². The van der Waals surface area contributed by atoms with Crippen molar-refractivity contribution in [3.63, 3.8) is 0 Å². The van der Waals surface area contributed by atoms with E-state index in [0.29, 0.717) is 19.6 Å². The highest BCUT2D eigenvalue weighted by Crippen LogP contribution is 2.31. The number of aryl methyl sites for hydroxylation is 2. The van der Waals surface area contributed by atoms with Crippen LogP contribution in [0.4, 0.5) is 14.9 Å². The van der Waals surface area contributed by atoms with Gasteiger partial charge in [0.1, 0.15) is 5.82 Å². The number of halogens is 2. The first kappa shape index (κ1) is 18.5. The molecule has 2 aromatic rings. The normalized spacial score (nSPS) is 14.5. The summed E-state index contributed by atoms with van der Waals surface area (Å²) < 4.78 is 12.9. The smallest absolute Gasteiger partial charge is 0.317 e. The summed E-state index contributed by atoms with van der Waals surface area (Å²) in [6, 6.07) is 10.2. The maximum atomic E-state index is 12.9. The van der Waals surface area contributed by atoms with E-state index in [1.54, 1.807) is 17.0 Å². The van der Waals surface area contributed by atoms with Gasteiger partial charge in [-0.05, 0) is 48.7 Å². The van der Waals surface area contributed by atoms with Gasteiger partial charge < -0.3 is 15.1 Å². The van der Waals surface area contributed by atoms with Crippen LogP contribution in [0.1, 0.15) is 16.7 Å². The average molecular weight is 376 g/mol. The van der Waals surface area contributed by atoms with Gasteiger partial charge in [-0.3, -0.25) is 0 Å². The van der Waals surface area contributed by atoms with E-state index >= 15 is 0 Å². The Morgan fingerprint density at radius 3 is 2.38 bits per heavy atom. The van der Waals surface area contributed by atoms with Gasteiger partial charge in [0.25, 0.3) is 0 Å². The third-order valence-electron chi connectivity index (χ3n) is 4.64. The minimum atomic E-state index is -0.277. The Balaban J connectivity index is 1.55. The van der Waals surface area contributed by atoms with E-state index in [4.69, 9.17) is 11.6 Å². The zero-order valence-corrected chi connectivity index (χ0v) is 15.8. The second kappa shape index (κ2) is 7.96. The predicted octanol–water partition coefficient (Wildman–Crippen LogP) is 4.13. The maximum Gasteiger partial charge on any atom is 0.317 e. The van der Waals surface area contributed by atoms with Crippen LogP contribution in [0.15, 0.2) is 36.4 Å². The lowest BCUT2D eigenvalue weighted by atomic mass is 10.1. The minimum absolute atomic E-state index is 0.0966. The number of hydrogen-bond acceptors (Lipinski definition) is 2. The second-order valence-corrected chi connectivity index (χ2v) is 7.08. The molecule has 2 amide bonds. The highest BCUT2D eigenvalue weighted by atomic mass is 35.5. The fourth-order valence-corrected chi connectivity index (χ4v) is 3.77. The number of nitrogens with one attached hydrogen (secondary N) is 1. The molecule has 0 aromatic heterocycles. The van der Waals surface area contributed by atoms with Crippen LogP contribution in [0.5, 0.6) is 0 Å². The van der Waals surface area contributed by atoms with Gasteiger partial charge in [-0.1, -0.05) is 29.8 Å². The monoisotopic (exact) mass is 375 g/mol.